The molecule has 2 heterocycles. The van der Waals surface area contributed by atoms with Crippen LogP contribution >= 0.6 is 11.6 Å². The van der Waals surface area contributed by atoms with Crippen molar-refractivity contribution in [3.8, 4) is 11.6 Å². The lowest BCUT2D eigenvalue weighted by molar-refractivity contribution is 0.208. The van der Waals surface area contributed by atoms with Crippen LogP contribution in [0.1, 0.15) is 25.1 Å². The Labute approximate surface area is 182 Å². The van der Waals surface area contributed by atoms with Gasteiger partial charge in [-0.3, -0.25) is 0 Å². The van der Waals surface area contributed by atoms with E-state index < -0.39 is 0 Å². The quantitative estimate of drug-likeness (QED) is 0.739. The molecule has 0 radical (unpaired) electrons. The lowest BCUT2D eigenvalue weighted by atomic mass is 10.1. The van der Waals surface area contributed by atoms with Crippen molar-refractivity contribution in [1.82, 2.24) is 9.88 Å². The molecule has 1 fully saturated rings. The second-order valence-electron chi connectivity index (χ2n) is 7.08. The molecular weight excluding hydrogens is 404 g/mol. The van der Waals surface area contributed by atoms with Gasteiger partial charge in [0.05, 0.1) is 24.9 Å². The SMILES string of the molecule is CCc1cc(NC(=O)N2CCN(c3cc(OC)ccc3Cl)CC2)c(OC)nc1CC. The first-order valence-corrected chi connectivity index (χ1v) is 10.6. The molecule has 1 aliphatic heterocycles. The van der Waals surface area contributed by atoms with E-state index in [1.54, 1.807) is 19.1 Å². The number of halogens is 1. The third-order valence-electron chi connectivity index (χ3n) is 5.37. The van der Waals surface area contributed by atoms with Crippen molar-refractivity contribution < 1.29 is 14.3 Å². The minimum Gasteiger partial charge on any atom is -0.497 e. The van der Waals surface area contributed by atoms with E-state index in [1.165, 1.54) is 0 Å². The zero-order chi connectivity index (χ0) is 21.7. The number of rotatable bonds is 6. The third kappa shape index (κ3) is 4.73. The van der Waals surface area contributed by atoms with Gasteiger partial charge in [0.2, 0.25) is 5.88 Å². The number of pyridine rings is 1. The number of carbonyl (C=O) groups is 1. The molecule has 1 aromatic carbocycles. The van der Waals surface area contributed by atoms with E-state index in [0.717, 1.165) is 35.5 Å². The van der Waals surface area contributed by atoms with E-state index in [1.807, 2.05) is 24.3 Å². The van der Waals surface area contributed by atoms with Gasteiger partial charge in [0.25, 0.3) is 0 Å². The minimum atomic E-state index is -0.155. The van der Waals surface area contributed by atoms with E-state index in [4.69, 9.17) is 21.1 Å². The van der Waals surface area contributed by atoms with Gasteiger partial charge in [0.15, 0.2) is 0 Å². The number of ether oxygens (including phenoxy) is 2. The lowest BCUT2D eigenvalue weighted by Crippen LogP contribution is -2.50. The fraction of sp³-hybridized carbons (Fsp3) is 0.455. The smallest absolute Gasteiger partial charge is 0.322 e. The van der Waals surface area contributed by atoms with Crippen LogP contribution in [0.3, 0.4) is 0 Å². The van der Waals surface area contributed by atoms with Gasteiger partial charge in [0, 0.05) is 37.9 Å². The number of urea groups is 1. The number of carbonyl (C=O) groups excluding carboxylic acids is 1. The summed E-state index contributed by atoms with van der Waals surface area (Å²) in [5.41, 5.74) is 3.64. The molecule has 1 aromatic heterocycles. The first kappa shape index (κ1) is 22.0. The first-order valence-electron chi connectivity index (χ1n) is 10.2. The average Bonchev–Trinajstić information content (AvgIpc) is 2.79. The summed E-state index contributed by atoms with van der Waals surface area (Å²) in [6.45, 7) is 6.69. The Bertz CT molecular complexity index is 898. The third-order valence-corrected chi connectivity index (χ3v) is 5.69. The average molecular weight is 433 g/mol. The minimum absolute atomic E-state index is 0.155. The lowest BCUT2D eigenvalue weighted by Gasteiger charge is -2.36. The summed E-state index contributed by atoms with van der Waals surface area (Å²) in [5.74, 6) is 1.20. The highest BCUT2D eigenvalue weighted by Crippen LogP contribution is 2.31. The monoisotopic (exact) mass is 432 g/mol. The van der Waals surface area contributed by atoms with Crippen LogP contribution in [-0.2, 0) is 12.8 Å². The predicted octanol–water partition coefficient (Wildman–Crippen LogP) is 4.23. The van der Waals surface area contributed by atoms with Crippen molar-refractivity contribution in [2.24, 2.45) is 0 Å². The van der Waals surface area contributed by atoms with Crippen LogP contribution < -0.4 is 19.7 Å². The zero-order valence-corrected chi connectivity index (χ0v) is 18.8. The van der Waals surface area contributed by atoms with Gasteiger partial charge in [-0.15, -0.1) is 0 Å². The van der Waals surface area contributed by atoms with Crippen LogP contribution in [0.5, 0.6) is 11.6 Å². The van der Waals surface area contributed by atoms with Crippen LogP contribution in [0.25, 0.3) is 0 Å². The molecule has 1 N–H and O–H groups in total. The van der Waals surface area contributed by atoms with Crippen LogP contribution in [0.2, 0.25) is 5.02 Å². The van der Waals surface area contributed by atoms with Crippen LogP contribution in [0.4, 0.5) is 16.2 Å². The van der Waals surface area contributed by atoms with Gasteiger partial charge in [-0.2, -0.15) is 0 Å². The molecule has 2 amide bonds. The number of hydrogen-bond donors (Lipinski definition) is 1. The Morgan fingerprint density at radius 3 is 2.43 bits per heavy atom. The molecule has 0 saturated carbocycles. The van der Waals surface area contributed by atoms with Crippen molar-refractivity contribution in [3.63, 3.8) is 0 Å². The number of aromatic nitrogens is 1. The maximum Gasteiger partial charge on any atom is 0.322 e. The first-order chi connectivity index (χ1) is 14.5. The summed E-state index contributed by atoms with van der Waals surface area (Å²) < 4.78 is 10.7. The van der Waals surface area contributed by atoms with Gasteiger partial charge in [-0.25, -0.2) is 9.78 Å². The number of methoxy groups -OCH3 is 2. The molecule has 8 heteroatoms. The molecule has 0 atom stereocenters. The molecule has 0 aliphatic carbocycles. The molecule has 0 unspecified atom stereocenters. The van der Waals surface area contributed by atoms with E-state index >= 15 is 0 Å². The van der Waals surface area contributed by atoms with E-state index in [0.29, 0.717) is 42.8 Å². The Kier molecular flexibility index (Phi) is 7.26. The standard InChI is InChI=1S/C22H29ClN4O3/c1-5-15-13-19(21(30-4)24-18(15)6-2)25-22(28)27-11-9-26(10-12-27)20-14-16(29-3)7-8-17(20)23/h7-8,13-14H,5-6,9-12H2,1-4H3,(H,25,28). The molecule has 1 aliphatic rings. The van der Waals surface area contributed by atoms with Crippen molar-refractivity contribution in [2.75, 3.05) is 50.6 Å². The summed E-state index contributed by atoms with van der Waals surface area (Å²) in [5, 5.41) is 3.65. The number of nitrogens with one attached hydrogen (secondary N) is 1. The Morgan fingerprint density at radius 1 is 1.10 bits per heavy atom. The van der Waals surface area contributed by atoms with Crippen molar-refractivity contribution in [2.45, 2.75) is 26.7 Å². The molecule has 2 aromatic rings. The molecule has 162 valence electrons. The molecular formula is C22H29ClN4O3. The van der Waals surface area contributed by atoms with E-state index in [9.17, 15) is 4.79 Å². The van der Waals surface area contributed by atoms with E-state index in [2.05, 4.69) is 29.0 Å². The van der Waals surface area contributed by atoms with E-state index in [-0.39, 0.29) is 6.03 Å². The summed E-state index contributed by atoms with van der Waals surface area (Å²) in [6.07, 6.45) is 1.67. The predicted molar refractivity (Wildman–Crippen MR) is 120 cm³/mol. The zero-order valence-electron chi connectivity index (χ0n) is 18.0. The molecule has 1 saturated heterocycles. The second kappa shape index (κ2) is 9.89. The van der Waals surface area contributed by atoms with Gasteiger partial charge >= 0.3 is 6.03 Å². The molecule has 0 spiro atoms. The number of hydrogen-bond acceptors (Lipinski definition) is 5. The number of benzene rings is 1. The van der Waals surface area contributed by atoms with Crippen molar-refractivity contribution in [1.29, 1.82) is 0 Å². The number of aryl methyl sites for hydroxylation is 2. The van der Waals surface area contributed by atoms with Gasteiger partial charge in [0.1, 0.15) is 11.4 Å². The largest absolute Gasteiger partial charge is 0.497 e. The number of amides is 2. The van der Waals surface area contributed by atoms with Crippen LogP contribution in [0.15, 0.2) is 24.3 Å². The van der Waals surface area contributed by atoms with Crippen molar-refractivity contribution in [3.05, 3.63) is 40.5 Å². The highest BCUT2D eigenvalue weighted by Gasteiger charge is 2.24. The fourth-order valence-corrected chi connectivity index (χ4v) is 3.87. The Balaban J connectivity index is 1.68. The molecule has 30 heavy (non-hydrogen) atoms. The van der Waals surface area contributed by atoms with Crippen molar-refractivity contribution >= 4 is 29.0 Å². The maximum absolute atomic E-state index is 12.9. The number of piperazine rings is 1. The summed E-state index contributed by atoms with van der Waals surface area (Å²) in [7, 11) is 3.20. The van der Waals surface area contributed by atoms with Crippen LogP contribution in [0, 0.1) is 0 Å². The molecule has 0 bridgehead atoms. The molecule has 7 nitrogen and oxygen atoms in total. The highest BCUT2D eigenvalue weighted by atomic mass is 35.5. The maximum atomic E-state index is 12.9. The normalized spacial score (nSPS) is 13.9. The van der Waals surface area contributed by atoms with Crippen LogP contribution in [-0.4, -0.2) is 56.3 Å². The topological polar surface area (TPSA) is 66.9 Å². The van der Waals surface area contributed by atoms with Gasteiger partial charge in [-0.1, -0.05) is 25.4 Å². The summed E-state index contributed by atoms with van der Waals surface area (Å²) in [4.78, 5) is 21.4. The summed E-state index contributed by atoms with van der Waals surface area (Å²) >= 11 is 6.37. The summed E-state index contributed by atoms with van der Waals surface area (Å²) in [6, 6.07) is 7.41. The number of nitrogens with zero attached hydrogens (tertiary/aromatic N) is 3. The molecule has 3 rings (SSSR count). The van der Waals surface area contributed by atoms with Gasteiger partial charge in [-0.05, 0) is 36.6 Å². The Hall–Kier alpha value is -2.67. The fourth-order valence-electron chi connectivity index (χ4n) is 3.64. The highest BCUT2D eigenvalue weighted by molar-refractivity contribution is 6.33. The number of anilines is 2. The second-order valence-corrected chi connectivity index (χ2v) is 7.49. The Morgan fingerprint density at radius 2 is 1.83 bits per heavy atom. The van der Waals surface area contributed by atoms with Gasteiger partial charge < -0.3 is 24.6 Å².